The van der Waals surface area contributed by atoms with E-state index in [0.29, 0.717) is 18.5 Å². The Bertz CT molecular complexity index is 769. The van der Waals surface area contributed by atoms with Gasteiger partial charge in [0.25, 0.3) is 0 Å². The van der Waals surface area contributed by atoms with Gasteiger partial charge in [-0.25, -0.2) is 9.97 Å². The molecule has 8 heteroatoms. The van der Waals surface area contributed by atoms with Crippen LogP contribution in [0.15, 0.2) is 36.5 Å². The molecule has 0 saturated heterocycles. The van der Waals surface area contributed by atoms with Gasteiger partial charge in [-0.1, -0.05) is 12.1 Å². The molecule has 4 atom stereocenters. The van der Waals surface area contributed by atoms with Gasteiger partial charge < -0.3 is 15.9 Å². The number of hydrogen-bond acceptors (Lipinski definition) is 5. The summed E-state index contributed by atoms with van der Waals surface area (Å²) in [6, 6.07) is 6.26. The molecular formula is C18H20F3N3O2. The number of rotatable bonds is 4. The molecule has 3 rings (SSSR count). The first-order chi connectivity index (χ1) is 12.3. The minimum atomic E-state index is -4.44. The lowest BCUT2D eigenvalue weighted by Gasteiger charge is -2.21. The van der Waals surface area contributed by atoms with Crippen LogP contribution in [0.5, 0.6) is 0 Å². The van der Waals surface area contributed by atoms with Crippen molar-refractivity contribution in [1.82, 2.24) is 9.97 Å². The molecule has 1 saturated carbocycles. The molecule has 140 valence electrons. The molecule has 1 aliphatic carbocycles. The number of aliphatic hydroxyl groups excluding tert-OH is 2. The maximum atomic E-state index is 12.9. The summed E-state index contributed by atoms with van der Waals surface area (Å²) >= 11 is 0. The molecule has 26 heavy (non-hydrogen) atoms. The van der Waals surface area contributed by atoms with Crippen molar-refractivity contribution in [2.24, 2.45) is 17.6 Å². The number of aromatic nitrogens is 2. The van der Waals surface area contributed by atoms with Crippen molar-refractivity contribution in [3.8, 4) is 11.4 Å². The summed E-state index contributed by atoms with van der Waals surface area (Å²) in [5.74, 6) is -0.294. The molecule has 1 heterocycles. The Kier molecular flexibility index (Phi) is 5.27. The lowest BCUT2D eigenvalue weighted by molar-refractivity contribution is -0.137. The van der Waals surface area contributed by atoms with Crippen LogP contribution in [0.3, 0.4) is 0 Å². The summed E-state index contributed by atoms with van der Waals surface area (Å²) in [5.41, 5.74) is 6.19. The quantitative estimate of drug-likeness (QED) is 0.769. The predicted molar refractivity (Wildman–Crippen MR) is 88.8 cm³/mol. The van der Waals surface area contributed by atoms with E-state index < -0.39 is 17.8 Å². The Morgan fingerprint density at radius 2 is 1.96 bits per heavy atom. The molecule has 0 amide bonds. The molecule has 4 N–H and O–H groups in total. The van der Waals surface area contributed by atoms with E-state index in [1.54, 1.807) is 6.07 Å². The van der Waals surface area contributed by atoms with Crippen LogP contribution in [0.2, 0.25) is 0 Å². The van der Waals surface area contributed by atoms with Gasteiger partial charge in [0.2, 0.25) is 0 Å². The van der Waals surface area contributed by atoms with Crippen molar-refractivity contribution in [1.29, 1.82) is 0 Å². The predicted octanol–water partition coefficient (Wildman–Crippen LogP) is 2.02. The Labute approximate surface area is 148 Å². The summed E-state index contributed by atoms with van der Waals surface area (Å²) in [6.07, 6.45) is -2.79. The maximum absolute atomic E-state index is 12.9. The van der Waals surface area contributed by atoms with Crippen molar-refractivity contribution in [2.45, 2.75) is 31.2 Å². The van der Waals surface area contributed by atoms with Gasteiger partial charge in [0.15, 0.2) is 5.82 Å². The van der Waals surface area contributed by atoms with Crippen LogP contribution in [-0.4, -0.2) is 38.9 Å². The third-order valence-electron chi connectivity index (χ3n) is 4.92. The van der Waals surface area contributed by atoms with Crippen LogP contribution in [0.25, 0.3) is 11.4 Å². The number of halogens is 3. The fourth-order valence-electron chi connectivity index (χ4n) is 3.52. The SMILES string of the molecule is NC1CC(O)C(CO)C1Cc1ccnc(-c2cccc(C(F)(F)F)c2)n1. The molecule has 0 bridgehead atoms. The van der Waals surface area contributed by atoms with Gasteiger partial charge in [0.1, 0.15) is 0 Å². The highest BCUT2D eigenvalue weighted by Crippen LogP contribution is 2.34. The fourth-order valence-corrected chi connectivity index (χ4v) is 3.52. The van der Waals surface area contributed by atoms with Crippen molar-refractivity contribution in [3.63, 3.8) is 0 Å². The van der Waals surface area contributed by atoms with E-state index in [0.717, 1.165) is 12.1 Å². The van der Waals surface area contributed by atoms with Gasteiger partial charge in [-0.05, 0) is 37.0 Å². The van der Waals surface area contributed by atoms with Crippen LogP contribution in [0, 0.1) is 11.8 Å². The van der Waals surface area contributed by atoms with E-state index >= 15 is 0 Å². The summed E-state index contributed by atoms with van der Waals surface area (Å²) in [5, 5.41) is 19.5. The lowest BCUT2D eigenvalue weighted by atomic mass is 9.89. The van der Waals surface area contributed by atoms with Gasteiger partial charge in [-0.15, -0.1) is 0 Å². The standard InChI is InChI=1S/C18H20F3N3O2/c19-18(20,21)11-3-1-2-10(6-11)17-23-5-4-12(24-17)7-13-14(9-25)16(26)8-15(13)22/h1-6,13-16,25-26H,7-9,22H2. The zero-order valence-electron chi connectivity index (χ0n) is 13.9. The number of aliphatic hydroxyl groups is 2. The topological polar surface area (TPSA) is 92.3 Å². The number of benzene rings is 1. The minimum absolute atomic E-state index is 0.153. The summed E-state index contributed by atoms with van der Waals surface area (Å²) in [6.45, 7) is -0.175. The third-order valence-corrected chi connectivity index (χ3v) is 4.92. The first kappa shape index (κ1) is 18.8. The van der Waals surface area contributed by atoms with E-state index in [2.05, 4.69) is 9.97 Å². The van der Waals surface area contributed by atoms with E-state index in [9.17, 15) is 23.4 Å². The van der Waals surface area contributed by atoms with E-state index in [1.165, 1.54) is 18.3 Å². The first-order valence-corrected chi connectivity index (χ1v) is 8.33. The maximum Gasteiger partial charge on any atom is 0.416 e. The van der Waals surface area contributed by atoms with E-state index in [1.807, 2.05) is 0 Å². The van der Waals surface area contributed by atoms with Gasteiger partial charge in [-0.3, -0.25) is 0 Å². The van der Waals surface area contributed by atoms with Crippen molar-refractivity contribution < 1.29 is 23.4 Å². The third kappa shape index (κ3) is 3.87. The second kappa shape index (κ2) is 7.30. The van der Waals surface area contributed by atoms with Crippen molar-refractivity contribution >= 4 is 0 Å². The second-order valence-electron chi connectivity index (χ2n) is 6.63. The highest BCUT2D eigenvalue weighted by molar-refractivity contribution is 5.56. The zero-order valence-corrected chi connectivity index (χ0v) is 13.9. The zero-order chi connectivity index (χ0) is 18.9. The summed E-state index contributed by atoms with van der Waals surface area (Å²) in [7, 11) is 0. The number of hydrogen-bond donors (Lipinski definition) is 3. The van der Waals surface area contributed by atoms with Gasteiger partial charge >= 0.3 is 6.18 Å². The normalized spacial score (nSPS) is 26.2. The second-order valence-corrected chi connectivity index (χ2v) is 6.63. The fraction of sp³-hybridized carbons (Fsp3) is 0.444. The number of alkyl halides is 3. The van der Waals surface area contributed by atoms with Crippen LogP contribution in [0.1, 0.15) is 17.7 Å². The number of nitrogens with zero attached hydrogens (tertiary/aromatic N) is 2. The molecule has 1 aromatic carbocycles. The van der Waals surface area contributed by atoms with Gasteiger partial charge in [0.05, 0.1) is 11.7 Å². The van der Waals surface area contributed by atoms with Crippen molar-refractivity contribution in [3.05, 3.63) is 47.8 Å². The first-order valence-electron chi connectivity index (χ1n) is 8.33. The number of nitrogens with two attached hydrogens (primary N) is 1. The van der Waals surface area contributed by atoms with Gasteiger partial charge in [-0.2, -0.15) is 13.2 Å². The molecule has 0 spiro atoms. The lowest BCUT2D eigenvalue weighted by Crippen LogP contribution is -2.31. The van der Waals surface area contributed by atoms with Crippen molar-refractivity contribution in [2.75, 3.05) is 6.61 Å². The molecule has 1 aliphatic rings. The molecule has 0 aliphatic heterocycles. The van der Waals surface area contributed by atoms with Crippen LogP contribution >= 0.6 is 0 Å². The highest BCUT2D eigenvalue weighted by Gasteiger charge is 2.40. The summed E-state index contributed by atoms with van der Waals surface area (Å²) < 4.78 is 38.7. The Morgan fingerprint density at radius 1 is 1.19 bits per heavy atom. The molecule has 1 aromatic heterocycles. The monoisotopic (exact) mass is 367 g/mol. The molecular weight excluding hydrogens is 347 g/mol. The molecule has 4 unspecified atom stereocenters. The van der Waals surface area contributed by atoms with Crippen LogP contribution in [-0.2, 0) is 12.6 Å². The molecule has 0 radical (unpaired) electrons. The van der Waals surface area contributed by atoms with Crippen LogP contribution in [0.4, 0.5) is 13.2 Å². The average Bonchev–Trinajstić information content (AvgIpc) is 2.87. The minimum Gasteiger partial charge on any atom is -0.396 e. The molecule has 2 aromatic rings. The Balaban J connectivity index is 1.85. The molecule has 5 nitrogen and oxygen atoms in total. The van der Waals surface area contributed by atoms with E-state index in [4.69, 9.17) is 5.73 Å². The Morgan fingerprint density at radius 3 is 2.65 bits per heavy atom. The average molecular weight is 367 g/mol. The van der Waals surface area contributed by atoms with Crippen LogP contribution < -0.4 is 5.73 Å². The molecule has 1 fully saturated rings. The Hall–Kier alpha value is -2.03. The summed E-state index contributed by atoms with van der Waals surface area (Å²) in [4.78, 5) is 8.43. The largest absolute Gasteiger partial charge is 0.416 e. The van der Waals surface area contributed by atoms with E-state index in [-0.39, 0.29) is 35.9 Å². The highest BCUT2D eigenvalue weighted by atomic mass is 19.4. The smallest absolute Gasteiger partial charge is 0.396 e. The van der Waals surface area contributed by atoms with Gasteiger partial charge in [0, 0.05) is 36.0 Å².